The summed E-state index contributed by atoms with van der Waals surface area (Å²) in [4.78, 5) is 55.0. The third-order valence-corrected chi connectivity index (χ3v) is 7.73. The van der Waals surface area contributed by atoms with Gasteiger partial charge in [-0.15, -0.1) is 0 Å². The standard InChI is InChI=1S/C33H38FN5O4/c1-22(30(40)36-27-15-13-26(34)14-16-27)19-28(35)29(20-24-9-5-3-6-10-24)37-31(41)23(2)39-18-17-38(32(42)33(39)43)21-25-11-7-4-8-12-25/h3-16,22-23,28-29H,17-21,35H2,1-2H3,(H,36,40)(H,37,41)/t22-,23+,28+,29+/m1/s1. The lowest BCUT2D eigenvalue weighted by molar-refractivity contribution is -0.159. The first-order chi connectivity index (χ1) is 20.6. The number of carbonyl (C=O) groups excluding carboxylic acids is 4. The monoisotopic (exact) mass is 587 g/mol. The lowest BCUT2D eigenvalue weighted by Gasteiger charge is -2.37. The van der Waals surface area contributed by atoms with Crippen LogP contribution < -0.4 is 16.4 Å². The zero-order valence-electron chi connectivity index (χ0n) is 24.4. The van der Waals surface area contributed by atoms with Gasteiger partial charge < -0.3 is 26.2 Å². The fraction of sp³-hybridized carbons (Fsp3) is 0.333. The number of hydrogen-bond donors (Lipinski definition) is 3. The van der Waals surface area contributed by atoms with Crippen molar-refractivity contribution < 1.29 is 23.6 Å². The molecule has 1 fully saturated rings. The van der Waals surface area contributed by atoms with Gasteiger partial charge in [-0.05, 0) is 55.2 Å². The van der Waals surface area contributed by atoms with Gasteiger partial charge in [-0.1, -0.05) is 67.6 Å². The number of hydrogen-bond acceptors (Lipinski definition) is 5. The molecule has 1 aliphatic heterocycles. The molecule has 0 unspecified atom stereocenters. The van der Waals surface area contributed by atoms with Gasteiger partial charge in [0.25, 0.3) is 0 Å². The molecule has 0 aliphatic carbocycles. The van der Waals surface area contributed by atoms with E-state index in [1.54, 1.807) is 13.8 Å². The fourth-order valence-electron chi connectivity index (χ4n) is 5.11. The quantitative estimate of drug-likeness (QED) is 0.281. The molecule has 10 heteroatoms. The van der Waals surface area contributed by atoms with E-state index in [2.05, 4.69) is 10.6 Å². The van der Waals surface area contributed by atoms with Crippen molar-refractivity contribution in [2.45, 2.75) is 51.4 Å². The van der Waals surface area contributed by atoms with Crippen LogP contribution in [0.25, 0.3) is 0 Å². The summed E-state index contributed by atoms with van der Waals surface area (Å²) in [5.41, 5.74) is 8.93. The summed E-state index contributed by atoms with van der Waals surface area (Å²) in [5.74, 6) is -2.99. The number of benzene rings is 3. The molecule has 0 radical (unpaired) electrons. The summed E-state index contributed by atoms with van der Waals surface area (Å²) < 4.78 is 13.2. The van der Waals surface area contributed by atoms with Gasteiger partial charge in [0.05, 0.1) is 0 Å². The molecule has 0 aromatic heterocycles. The second kappa shape index (κ2) is 14.6. The van der Waals surface area contributed by atoms with E-state index in [9.17, 15) is 23.6 Å². The topological polar surface area (TPSA) is 125 Å². The van der Waals surface area contributed by atoms with Crippen molar-refractivity contribution in [3.8, 4) is 0 Å². The molecule has 0 bridgehead atoms. The fourth-order valence-corrected chi connectivity index (χ4v) is 5.11. The molecule has 1 saturated heterocycles. The Hall–Kier alpha value is -4.57. The minimum atomic E-state index is -0.903. The van der Waals surface area contributed by atoms with Crippen LogP contribution in [0.5, 0.6) is 0 Å². The minimum Gasteiger partial charge on any atom is -0.350 e. The lowest BCUT2D eigenvalue weighted by atomic mass is 9.92. The van der Waals surface area contributed by atoms with Crippen LogP contribution in [0.3, 0.4) is 0 Å². The van der Waals surface area contributed by atoms with Crippen molar-refractivity contribution in [1.82, 2.24) is 15.1 Å². The predicted octanol–water partition coefficient (Wildman–Crippen LogP) is 3.10. The van der Waals surface area contributed by atoms with Gasteiger partial charge >= 0.3 is 11.8 Å². The predicted molar refractivity (Wildman–Crippen MR) is 162 cm³/mol. The van der Waals surface area contributed by atoms with Gasteiger partial charge in [-0.2, -0.15) is 0 Å². The van der Waals surface area contributed by atoms with Crippen molar-refractivity contribution in [2.75, 3.05) is 18.4 Å². The Kier molecular flexibility index (Phi) is 10.6. The third-order valence-electron chi connectivity index (χ3n) is 7.73. The number of rotatable bonds is 12. The summed E-state index contributed by atoms with van der Waals surface area (Å²) in [5, 5.41) is 5.76. The largest absolute Gasteiger partial charge is 0.350 e. The van der Waals surface area contributed by atoms with E-state index in [0.717, 1.165) is 11.1 Å². The van der Waals surface area contributed by atoms with Crippen LogP contribution in [-0.2, 0) is 32.1 Å². The lowest BCUT2D eigenvalue weighted by Crippen LogP contribution is -2.61. The van der Waals surface area contributed by atoms with Crippen molar-refractivity contribution in [1.29, 1.82) is 0 Å². The molecule has 1 heterocycles. The third kappa shape index (κ3) is 8.48. The molecule has 3 aromatic carbocycles. The van der Waals surface area contributed by atoms with Crippen molar-refractivity contribution in [2.24, 2.45) is 11.7 Å². The zero-order chi connectivity index (χ0) is 30.9. The molecule has 4 amide bonds. The highest BCUT2D eigenvalue weighted by Crippen LogP contribution is 2.17. The maximum atomic E-state index is 13.5. The van der Waals surface area contributed by atoms with E-state index in [0.29, 0.717) is 25.2 Å². The van der Waals surface area contributed by atoms with Gasteiger partial charge in [-0.25, -0.2) is 4.39 Å². The van der Waals surface area contributed by atoms with Crippen LogP contribution in [-0.4, -0.2) is 64.6 Å². The second-order valence-corrected chi connectivity index (χ2v) is 11.0. The van der Waals surface area contributed by atoms with E-state index >= 15 is 0 Å². The molecule has 43 heavy (non-hydrogen) atoms. The van der Waals surface area contributed by atoms with Gasteiger partial charge in [0, 0.05) is 43.3 Å². The maximum Gasteiger partial charge on any atom is 0.312 e. The first kappa shape index (κ1) is 31.4. The summed E-state index contributed by atoms with van der Waals surface area (Å²) in [6.07, 6.45) is 0.666. The Balaban J connectivity index is 1.40. The Labute approximate surface area is 251 Å². The summed E-state index contributed by atoms with van der Waals surface area (Å²) in [6, 6.07) is 22.4. The number of amides is 4. The number of halogens is 1. The highest BCUT2D eigenvalue weighted by molar-refractivity contribution is 6.35. The van der Waals surface area contributed by atoms with Crippen LogP contribution in [0, 0.1) is 11.7 Å². The Morgan fingerprint density at radius 1 is 0.837 bits per heavy atom. The average Bonchev–Trinajstić information content (AvgIpc) is 3.01. The maximum absolute atomic E-state index is 13.5. The molecule has 4 rings (SSSR count). The Morgan fingerprint density at radius 3 is 2.07 bits per heavy atom. The van der Waals surface area contributed by atoms with Crippen molar-refractivity contribution in [3.05, 3.63) is 102 Å². The minimum absolute atomic E-state index is 0.224. The smallest absolute Gasteiger partial charge is 0.312 e. The summed E-state index contributed by atoms with van der Waals surface area (Å²) in [7, 11) is 0. The van der Waals surface area contributed by atoms with Crippen molar-refractivity contribution >= 4 is 29.3 Å². The molecular weight excluding hydrogens is 549 g/mol. The van der Waals surface area contributed by atoms with Crippen LogP contribution in [0.1, 0.15) is 31.4 Å². The molecule has 0 saturated carbocycles. The highest BCUT2D eigenvalue weighted by Gasteiger charge is 2.38. The number of nitrogens with zero attached hydrogens (tertiary/aromatic N) is 2. The molecule has 226 valence electrons. The SMILES string of the molecule is C[C@H](C[C@H](N)[C@H](Cc1ccccc1)NC(=O)[C@H](C)N1CCN(Cc2ccccc2)C(=O)C1=O)C(=O)Nc1ccc(F)cc1. The number of anilines is 1. The molecule has 3 aromatic rings. The van der Waals surface area contributed by atoms with Gasteiger partial charge in [0.2, 0.25) is 11.8 Å². The first-order valence-corrected chi connectivity index (χ1v) is 14.4. The number of piperazine rings is 1. The summed E-state index contributed by atoms with van der Waals surface area (Å²) in [6.45, 7) is 4.19. The molecule has 9 nitrogen and oxygen atoms in total. The summed E-state index contributed by atoms with van der Waals surface area (Å²) >= 11 is 0. The zero-order valence-corrected chi connectivity index (χ0v) is 24.4. The Bertz CT molecular complexity index is 1400. The number of carbonyl (C=O) groups is 4. The van der Waals surface area contributed by atoms with Crippen LogP contribution >= 0.6 is 0 Å². The van der Waals surface area contributed by atoms with E-state index < -0.39 is 47.6 Å². The van der Waals surface area contributed by atoms with Gasteiger partial charge in [0.15, 0.2) is 0 Å². The number of nitrogens with two attached hydrogens (primary N) is 1. The van der Waals surface area contributed by atoms with Crippen LogP contribution in [0.15, 0.2) is 84.9 Å². The number of nitrogens with one attached hydrogen (secondary N) is 2. The van der Waals surface area contributed by atoms with Gasteiger partial charge in [-0.3, -0.25) is 19.2 Å². The van der Waals surface area contributed by atoms with E-state index in [1.807, 2.05) is 60.7 Å². The highest BCUT2D eigenvalue weighted by atomic mass is 19.1. The molecule has 4 N–H and O–H groups in total. The van der Waals surface area contributed by atoms with Crippen LogP contribution in [0.4, 0.5) is 10.1 Å². The molecular formula is C33H38FN5O4. The van der Waals surface area contributed by atoms with E-state index in [-0.39, 0.29) is 18.9 Å². The molecule has 0 spiro atoms. The van der Waals surface area contributed by atoms with E-state index in [1.165, 1.54) is 34.1 Å². The first-order valence-electron chi connectivity index (χ1n) is 14.4. The molecule has 1 aliphatic rings. The van der Waals surface area contributed by atoms with E-state index in [4.69, 9.17) is 5.73 Å². The second-order valence-electron chi connectivity index (χ2n) is 11.0. The van der Waals surface area contributed by atoms with Crippen molar-refractivity contribution in [3.63, 3.8) is 0 Å². The molecule has 4 atom stereocenters. The Morgan fingerprint density at radius 2 is 1.44 bits per heavy atom. The normalized spacial score (nSPS) is 16.3. The van der Waals surface area contributed by atoms with Gasteiger partial charge in [0.1, 0.15) is 11.9 Å². The van der Waals surface area contributed by atoms with Crippen LogP contribution in [0.2, 0.25) is 0 Å². The average molecular weight is 588 g/mol.